The second-order valence-electron chi connectivity index (χ2n) is 12.9. The number of carboxylic acid groups (broad SMARTS) is 1. The van der Waals surface area contributed by atoms with Crippen molar-refractivity contribution in [1.29, 1.82) is 0 Å². The van der Waals surface area contributed by atoms with E-state index in [2.05, 4.69) is 20.3 Å². The third kappa shape index (κ3) is 7.85. The lowest BCUT2D eigenvalue weighted by atomic mass is 9.85. The van der Waals surface area contributed by atoms with E-state index in [-0.39, 0.29) is 28.6 Å². The van der Waals surface area contributed by atoms with Crippen LogP contribution in [-0.2, 0) is 14.8 Å². The summed E-state index contributed by atoms with van der Waals surface area (Å²) in [5.74, 6) is -0.304. The van der Waals surface area contributed by atoms with Gasteiger partial charge in [-0.1, -0.05) is 24.3 Å². The molecule has 4 N–H and O–H groups in total. The van der Waals surface area contributed by atoms with Crippen LogP contribution in [0.15, 0.2) is 53.6 Å². The van der Waals surface area contributed by atoms with Gasteiger partial charge in [0.15, 0.2) is 0 Å². The summed E-state index contributed by atoms with van der Waals surface area (Å²) in [6, 6.07) is 9.43. The zero-order chi connectivity index (χ0) is 33.2. The van der Waals surface area contributed by atoms with Crippen molar-refractivity contribution >= 4 is 39.2 Å². The average Bonchev–Trinajstić information content (AvgIpc) is 3.44. The third-order valence-corrected chi connectivity index (χ3v) is 11.1. The number of carbonyl (C=O) groups is 2. The van der Waals surface area contributed by atoms with Crippen molar-refractivity contribution in [3.8, 4) is 10.4 Å². The van der Waals surface area contributed by atoms with Crippen molar-refractivity contribution in [2.45, 2.75) is 87.9 Å². The quantitative estimate of drug-likeness (QED) is 0.208. The molecule has 11 nitrogen and oxygen atoms in total. The molecule has 2 aliphatic rings. The molecule has 14 heteroatoms. The molecule has 46 heavy (non-hydrogen) atoms. The molecule has 1 saturated heterocycles. The zero-order valence-corrected chi connectivity index (χ0v) is 27.9. The van der Waals surface area contributed by atoms with Crippen LogP contribution < -0.4 is 15.4 Å². The van der Waals surface area contributed by atoms with Crippen molar-refractivity contribution in [2.75, 3.05) is 18.5 Å². The highest BCUT2D eigenvalue weighted by Crippen LogP contribution is 2.41. The van der Waals surface area contributed by atoms with E-state index in [0.29, 0.717) is 29.2 Å². The third-order valence-electron chi connectivity index (χ3n) is 8.15. The number of ether oxygens (including phenoxy) is 1. The minimum atomic E-state index is -4.04. The monoisotopic (exact) mass is 673 g/mol. The number of halogens is 1. The number of urea groups is 1. The van der Waals surface area contributed by atoms with E-state index in [1.807, 2.05) is 0 Å². The van der Waals surface area contributed by atoms with Gasteiger partial charge < -0.3 is 20.5 Å². The van der Waals surface area contributed by atoms with Crippen LogP contribution in [0.4, 0.5) is 19.7 Å². The molecule has 3 amide bonds. The van der Waals surface area contributed by atoms with E-state index >= 15 is 0 Å². The van der Waals surface area contributed by atoms with Crippen LogP contribution in [0.2, 0.25) is 0 Å². The highest BCUT2D eigenvalue weighted by Gasteiger charge is 2.38. The summed E-state index contributed by atoms with van der Waals surface area (Å²) in [5.41, 5.74) is 0.257. The number of anilines is 1. The number of amides is 3. The van der Waals surface area contributed by atoms with E-state index in [1.165, 1.54) is 23.5 Å². The maximum absolute atomic E-state index is 14.2. The van der Waals surface area contributed by atoms with Gasteiger partial charge in [0.25, 0.3) is 0 Å². The van der Waals surface area contributed by atoms with Gasteiger partial charge in [0.05, 0.1) is 40.1 Å². The first-order valence-corrected chi connectivity index (χ1v) is 17.6. The van der Waals surface area contributed by atoms with Gasteiger partial charge in [-0.25, -0.2) is 32.1 Å². The molecule has 0 spiro atoms. The predicted molar refractivity (Wildman–Crippen MR) is 174 cm³/mol. The molecule has 0 radical (unpaired) electrons. The summed E-state index contributed by atoms with van der Waals surface area (Å²) in [5, 5.41) is 16.0. The Balaban J connectivity index is 1.35. The summed E-state index contributed by atoms with van der Waals surface area (Å²) in [6.07, 6.45) is 3.73. The lowest BCUT2D eigenvalue weighted by Crippen LogP contribution is -2.56. The Morgan fingerprint density at radius 1 is 1.09 bits per heavy atom. The number of hydrogen-bond acceptors (Lipinski definition) is 7. The smallest absolute Gasteiger partial charge is 0.407 e. The maximum Gasteiger partial charge on any atom is 0.407 e. The van der Waals surface area contributed by atoms with Crippen molar-refractivity contribution in [1.82, 2.24) is 19.9 Å². The minimum absolute atomic E-state index is 0.0129. The van der Waals surface area contributed by atoms with Crippen molar-refractivity contribution in [2.24, 2.45) is 0 Å². The Morgan fingerprint density at radius 2 is 1.78 bits per heavy atom. The summed E-state index contributed by atoms with van der Waals surface area (Å²) in [4.78, 5) is 31.6. The van der Waals surface area contributed by atoms with Crippen LogP contribution in [0.25, 0.3) is 10.4 Å². The summed E-state index contributed by atoms with van der Waals surface area (Å²) < 4.78 is 49.5. The molecule has 1 aliphatic heterocycles. The number of sulfonamides is 1. The molecule has 2 heterocycles. The molecule has 3 aromatic rings. The van der Waals surface area contributed by atoms with Gasteiger partial charge in [0.2, 0.25) is 10.0 Å². The molecule has 1 aromatic heterocycles. The van der Waals surface area contributed by atoms with Crippen LogP contribution in [-0.4, -0.2) is 66.4 Å². The fraction of sp³-hybridized carbons (Fsp3) is 0.469. The number of rotatable bonds is 9. The Kier molecular flexibility index (Phi) is 10.0. The Hall–Kier alpha value is -3.59. The molecule has 1 saturated carbocycles. The van der Waals surface area contributed by atoms with Crippen LogP contribution in [0.3, 0.4) is 0 Å². The fourth-order valence-corrected chi connectivity index (χ4v) is 8.80. The van der Waals surface area contributed by atoms with Gasteiger partial charge in [-0.2, -0.15) is 0 Å². The van der Waals surface area contributed by atoms with Gasteiger partial charge in [-0.15, -0.1) is 11.3 Å². The average molecular weight is 674 g/mol. The first-order chi connectivity index (χ1) is 21.7. The van der Waals surface area contributed by atoms with E-state index in [1.54, 1.807) is 69.1 Å². The molecule has 0 bridgehead atoms. The Labute approximate surface area is 272 Å². The molecular weight excluding hydrogens is 634 g/mol. The Bertz CT molecular complexity index is 1680. The molecule has 2 fully saturated rings. The SMILES string of the molecule is C[C@H](NC(=O)Nc1ccc(-c2cnc(C3CCC(N(C(=O)O)C4COC4)CC3)s2)c(S(=O)(=O)NC(C)(C)C)c1)c1ccccc1F. The highest BCUT2D eigenvalue weighted by atomic mass is 32.2. The van der Waals surface area contributed by atoms with Crippen LogP contribution in [0.5, 0.6) is 0 Å². The first kappa shape index (κ1) is 33.8. The number of thiazole rings is 1. The number of carbonyl (C=O) groups excluding carboxylic acids is 1. The van der Waals surface area contributed by atoms with Gasteiger partial charge in [0.1, 0.15) is 5.82 Å². The predicted octanol–water partition coefficient (Wildman–Crippen LogP) is 6.31. The van der Waals surface area contributed by atoms with E-state index in [0.717, 1.165) is 30.7 Å². The molecule has 248 valence electrons. The van der Waals surface area contributed by atoms with Gasteiger partial charge in [-0.05, 0) is 71.6 Å². The Morgan fingerprint density at radius 3 is 2.39 bits per heavy atom. The van der Waals surface area contributed by atoms with Crippen molar-refractivity contribution < 1.29 is 32.2 Å². The summed E-state index contributed by atoms with van der Waals surface area (Å²) in [7, 11) is -4.04. The molecule has 1 aliphatic carbocycles. The molecular formula is C32H40FN5O6S2. The van der Waals surface area contributed by atoms with Gasteiger partial charge in [-0.3, -0.25) is 4.90 Å². The van der Waals surface area contributed by atoms with Crippen molar-refractivity contribution in [3.05, 3.63) is 65.0 Å². The maximum atomic E-state index is 14.2. The second-order valence-corrected chi connectivity index (χ2v) is 15.6. The number of aromatic nitrogens is 1. The lowest BCUT2D eigenvalue weighted by molar-refractivity contribution is -0.0728. The lowest BCUT2D eigenvalue weighted by Gasteiger charge is -2.42. The number of hydrogen-bond donors (Lipinski definition) is 4. The number of nitrogens with one attached hydrogen (secondary N) is 3. The minimum Gasteiger partial charge on any atom is -0.465 e. The first-order valence-electron chi connectivity index (χ1n) is 15.3. The fourth-order valence-electron chi connectivity index (χ4n) is 5.95. The van der Waals surface area contributed by atoms with Crippen LogP contribution in [0, 0.1) is 5.82 Å². The molecule has 5 rings (SSSR count). The second kappa shape index (κ2) is 13.6. The van der Waals surface area contributed by atoms with E-state index in [9.17, 15) is 27.5 Å². The summed E-state index contributed by atoms with van der Waals surface area (Å²) >= 11 is 1.42. The zero-order valence-electron chi connectivity index (χ0n) is 26.2. The van der Waals surface area contributed by atoms with Crippen molar-refractivity contribution in [3.63, 3.8) is 0 Å². The molecule has 2 aromatic carbocycles. The normalized spacial score (nSPS) is 19.6. The van der Waals surface area contributed by atoms with Gasteiger partial charge in [0, 0.05) is 40.5 Å². The van der Waals surface area contributed by atoms with E-state index < -0.39 is 39.5 Å². The largest absolute Gasteiger partial charge is 0.465 e. The molecule has 0 unspecified atom stereocenters. The van der Waals surface area contributed by atoms with Crippen LogP contribution >= 0.6 is 11.3 Å². The van der Waals surface area contributed by atoms with Gasteiger partial charge >= 0.3 is 12.1 Å². The topological polar surface area (TPSA) is 150 Å². The standard InChI is InChI=1S/C32H40FN5O6S2/c1-19(24-7-5-6-8-26(24)33)35-30(39)36-21-11-14-25(28(15-21)46(42,43)37-32(2,3)4)27-16-34-29(45-27)20-9-12-22(13-10-20)38(31(40)41)23-17-44-18-23/h5-8,11,14-16,19-20,22-23,37H,9-10,12-13,17-18H2,1-4H3,(H,40,41)(H2,35,36,39)/t19-,20?,22?/m0/s1. The van der Waals surface area contributed by atoms with Crippen LogP contribution in [0.1, 0.15) is 75.9 Å². The summed E-state index contributed by atoms with van der Waals surface area (Å²) in [6.45, 7) is 7.76. The van der Waals surface area contributed by atoms with E-state index in [4.69, 9.17) is 4.74 Å². The molecule has 1 atom stereocenters. The number of benzene rings is 2. The number of nitrogens with zero attached hydrogens (tertiary/aromatic N) is 2. The highest BCUT2D eigenvalue weighted by molar-refractivity contribution is 7.89.